The number of aromatic nitrogens is 1. The Morgan fingerprint density at radius 2 is 1.84 bits per heavy atom. The van der Waals surface area contributed by atoms with Gasteiger partial charge in [0.15, 0.2) is 0 Å². The van der Waals surface area contributed by atoms with Gasteiger partial charge < -0.3 is 19.5 Å². The Bertz CT molecular complexity index is 1230. The standard InChI is InChI=1S/C25H24N4O3/c1-32-23-11-5-3-9-21(23)27-25(31)18(15-26)14-19-16-29(22-10-4-2-8-20(19)22)17-24(30)28-12-6-7-13-28/h2-5,8-11,14,16H,6-7,12-13,17H2,1H3,(H,27,31)/b18-14+. The summed E-state index contributed by atoms with van der Waals surface area (Å²) < 4.78 is 7.15. The molecule has 0 saturated carbocycles. The first-order valence-electron chi connectivity index (χ1n) is 10.5. The number of hydrogen-bond acceptors (Lipinski definition) is 4. The van der Waals surface area contributed by atoms with Crippen LogP contribution in [0.15, 0.2) is 60.3 Å². The van der Waals surface area contributed by atoms with Crippen LogP contribution in [0.1, 0.15) is 18.4 Å². The molecule has 162 valence electrons. The molecule has 3 aromatic rings. The molecule has 32 heavy (non-hydrogen) atoms. The number of carbonyl (C=O) groups is 2. The lowest BCUT2D eigenvalue weighted by molar-refractivity contribution is -0.130. The molecule has 1 aliphatic rings. The van der Waals surface area contributed by atoms with Gasteiger partial charge in [-0.2, -0.15) is 5.26 Å². The number of fused-ring (bicyclic) bond motifs is 1. The van der Waals surface area contributed by atoms with Gasteiger partial charge in [-0.1, -0.05) is 30.3 Å². The molecule has 7 heteroatoms. The van der Waals surface area contributed by atoms with Gasteiger partial charge in [-0.3, -0.25) is 9.59 Å². The minimum absolute atomic E-state index is 0.0373. The molecular formula is C25H24N4O3. The van der Waals surface area contributed by atoms with Crippen LogP contribution < -0.4 is 10.1 Å². The topological polar surface area (TPSA) is 87.4 Å². The van der Waals surface area contributed by atoms with E-state index in [1.165, 1.54) is 7.11 Å². The van der Waals surface area contributed by atoms with Gasteiger partial charge in [-0.05, 0) is 37.1 Å². The molecule has 0 aliphatic carbocycles. The SMILES string of the molecule is COc1ccccc1NC(=O)/C(C#N)=C/c1cn(CC(=O)N2CCCC2)c2ccccc12. The Morgan fingerprint density at radius 3 is 2.59 bits per heavy atom. The van der Waals surface area contributed by atoms with E-state index in [0.717, 1.165) is 36.8 Å². The van der Waals surface area contributed by atoms with Gasteiger partial charge in [-0.15, -0.1) is 0 Å². The van der Waals surface area contributed by atoms with Crippen LogP contribution in [0.5, 0.6) is 5.75 Å². The average molecular weight is 428 g/mol. The minimum Gasteiger partial charge on any atom is -0.495 e. The van der Waals surface area contributed by atoms with Crippen LogP contribution in [-0.2, 0) is 16.1 Å². The van der Waals surface area contributed by atoms with E-state index in [0.29, 0.717) is 17.0 Å². The monoisotopic (exact) mass is 428 g/mol. The highest BCUT2D eigenvalue weighted by atomic mass is 16.5. The van der Waals surface area contributed by atoms with Gasteiger partial charge in [0.2, 0.25) is 5.91 Å². The third-order valence-corrected chi connectivity index (χ3v) is 5.60. The number of nitriles is 1. The molecule has 0 radical (unpaired) electrons. The Balaban J connectivity index is 1.63. The molecule has 4 rings (SSSR count). The van der Waals surface area contributed by atoms with E-state index in [-0.39, 0.29) is 18.0 Å². The zero-order valence-corrected chi connectivity index (χ0v) is 17.9. The summed E-state index contributed by atoms with van der Waals surface area (Å²) in [6.45, 7) is 1.82. The molecule has 2 amide bonds. The van der Waals surface area contributed by atoms with E-state index in [9.17, 15) is 14.9 Å². The molecule has 0 bridgehead atoms. The zero-order valence-electron chi connectivity index (χ0n) is 17.9. The van der Waals surface area contributed by atoms with Gasteiger partial charge in [-0.25, -0.2) is 0 Å². The first-order valence-corrected chi connectivity index (χ1v) is 10.5. The van der Waals surface area contributed by atoms with Crippen molar-refractivity contribution in [2.75, 3.05) is 25.5 Å². The fourth-order valence-electron chi connectivity index (χ4n) is 3.97. The second-order valence-corrected chi connectivity index (χ2v) is 7.64. The van der Waals surface area contributed by atoms with Crippen molar-refractivity contribution in [3.8, 4) is 11.8 Å². The lowest BCUT2D eigenvalue weighted by Gasteiger charge is -2.15. The van der Waals surface area contributed by atoms with Gasteiger partial charge in [0.25, 0.3) is 5.91 Å². The predicted octanol–water partition coefficient (Wildman–Crippen LogP) is 3.82. The summed E-state index contributed by atoms with van der Waals surface area (Å²) in [5, 5.41) is 13.3. The summed E-state index contributed by atoms with van der Waals surface area (Å²) in [5.41, 5.74) is 2.04. The summed E-state index contributed by atoms with van der Waals surface area (Å²) in [4.78, 5) is 27.3. The number of methoxy groups -OCH3 is 1. The lowest BCUT2D eigenvalue weighted by Crippen LogP contribution is -2.30. The molecule has 2 heterocycles. The van der Waals surface area contributed by atoms with E-state index < -0.39 is 5.91 Å². The van der Waals surface area contributed by atoms with Gasteiger partial charge in [0.05, 0.1) is 12.8 Å². The molecule has 1 aliphatic heterocycles. The van der Waals surface area contributed by atoms with Crippen molar-refractivity contribution in [2.45, 2.75) is 19.4 Å². The number of benzene rings is 2. The van der Waals surface area contributed by atoms with Crippen LogP contribution in [0.3, 0.4) is 0 Å². The number of para-hydroxylation sites is 3. The van der Waals surface area contributed by atoms with Gasteiger partial charge in [0.1, 0.15) is 23.9 Å². The molecule has 0 spiro atoms. The second kappa shape index (κ2) is 9.40. The number of anilines is 1. The number of hydrogen-bond donors (Lipinski definition) is 1. The van der Waals surface area contributed by atoms with Crippen LogP contribution in [0.25, 0.3) is 17.0 Å². The van der Waals surface area contributed by atoms with Crippen molar-refractivity contribution >= 4 is 34.5 Å². The van der Waals surface area contributed by atoms with Crippen molar-refractivity contribution in [3.63, 3.8) is 0 Å². The second-order valence-electron chi connectivity index (χ2n) is 7.64. The molecule has 7 nitrogen and oxygen atoms in total. The summed E-state index contributed by atoms with van der Waals surface area (Å²) >= 11 is 0. The van der Waals surface area contributed by atoms with Gasteiger partial charge >= 0.3 is 0 Å². The average Bonchev–Trinajstić information content (AvgIpc) is 3.47. The van der Waals surface area contributed by atoms with Crippen molar-refractivity contribution < 1.29 is 14.3 Å². The highest BCUT2D eigenvalue weighted by Gasteiger charge is 2.20. The van der Waals surface area contributed by atoms with Crippen molar-refractivity contribution in [1.82, 2.24) is 9.47 Å². The number of nitrogens with one attached hydrogen (secondary N) is 1. The normalized spacial score (nSPS) is 13.8. The van der Waals surface area contributed by atoms with E-state index in [1.54, 1.807) is 30.3 Å². The van der Waals surface area contributed by atoms with Gasteiger partial charge in [0, 0.05) is 35.8 Å². The van der Waals surface area contributed by atoms with E-state index in [2.05, 4.69) is 5.32 Å². The van der Waals surface area contributed by atoms with Crippen LogP contribution in [0.4, 0.5) is 5.69 Å². The molecule has 1 saturated heterocycles. The minimum atomic E-state index is -0.526. The Labute approximate surface area is 186 Å². The fraction of sp³-hybridized carbons (Fsp3) is 0.240. The third-order valence-electron chi connectivity index (χ3n) is 5.60. The number of likely N-dealkylation sites (tertiary alicyclic amines) is 1. The number of ether oxygens (including phenoxy) is 1. The van der Waals surface area contributed by atoms with Crippen LogP contribution >= 0.6 is 0 Å². The van der Waals surface area contributed by atoms with E-state index in [1.807, 2.05) is 46.0 Å². The number of nitrogens with zero attached hydrogens (tertiary/aromatic N) is 3. The van der Waals surface area contributed by atoms with Crippen molar-refractivity contribution in [1.29, 1.82) is 5.26 Å². The molecule has 1 fully saturated rings. The maximum atomic E-state index is 12.8. The molecule has 0 unspecified atom stereocenters. The molecule has 2 aromatic carbocycles. The zero-order chi connectivity index (χ0) is 22.5. The largest absolute Gasteiger partial charge is 0.495 e. The highest BCUT2D eigenvalue weighted by Crippen LogP contribution is 2.26. The molecule has 0 atom stereocenters. The van der Waals surface area contributed by atoms with Crippen LogP contribution in [0.2, 0.25) is 0 Å². The number of rotatable bonds is 6. The number of carbonyl (C=O) groups excluding carboxylic acids is 2. The predicted molar refractivity (Wildman–Crippen MR) is 123 cm³/mol. The first kappa shape index (κ1) is 21.2. The maximum Gasteiger partial charge on any atom is 0.266 e. The summed E-state index contributed by atoms with van der Waals surface area (Å²) in [6, 6.07) is 16.7. The van der Waals surface area contributed by atoms with E-state index >= 15 is 0 Å². The third kappa shape index (κ3) is 4.35. The fourth-order valence-corrected chi connectivity index (χ4v) is 3.97. The Hall–Kier alpha value is -4.05. The molecular weight excluding hydrogens is 404 g/mol. The Kier molecular flexibility index (Phi) is 6.22. The number of amides is 2. The van der Waals surface area contributed by atoms with Crippen molar-refractivity contribution in [3.05, 3.63) is 65.9 Å². The van der Waals surface area contributed by atoms with Crippen molar-refractivity contribution in [2.24, 2.45) is 0 Å². The smallest absolute Gasteiger partial charge is 0.266 e. The molecule has 1 N–H and O–H groups in total. The summed E-state index contributed by atoms with van der Waals surface area (Å²) in [7, 11) is 1.52. The summed E-state index contributed by atoms with van der Waals surface area (Å²) in [5.74, 6) is 0.0605. The first-order chi connectivity index (χ1) is 15.6. The summed E-state index contributed by atoms with van der Waals surface area (Å²) in [6.07, 6.45) is 5.47. The van der Waals surface area contributed by atoms with E-state index in [4.69, 9.17) is 4.74 Å². The van der Waals surface area contributed by atoms with Crippen LogP contribution in [-0.4, -0.2) is 41.5 Å². The highest BCUT2D eigenvalue weighted by molar-refractivity contribution is 6.11. The lowest BCUT2D eigenvalue weighted by atomic mass is 10.1. The Morgan fingerprint density at radius 1 is 1.12 bits per heavy atom. The quantitative estimate of drug-likeness (QED) is 0.478. The maximum absolute atomic E-state index is 12.8. The molecule has 1 aromatic heterocycles. The van der Waals surface area contributed by atoms with Crippen LogP contribution in [0, 0.1) is 11.3 Å².